The van der Waals surface area contributed by atoms with Crippen molar-refractivity contribution in [2.24, 2.45) is 0 Å². The first-order valence-corrected chi connectivity index (χ1v) is 10.3. The average molecular weight is 372 g/mol. The normalized spacial score (nSPS) is 28.9. The molecule has 0 aliphatic carbocycles. The van der Waals surface area contributed by atoms with Gasteiger partial charge in [0.2, 0.25) is 0 Å². The first kappa shape index (κ1) is 15.3. The van der Waals surface area contributed by atoms with Gasteiger partial charge in [-0.2, -0.15) is 0 Å². The Hall–Kier alpha value is -0.550. The quantitative estimate of drug-likeness (QED) is 0.756. The molecule has 1 aromatic carbocycles. The second-order valence-corrected chi connectivity index (χ2v) is 9.52. The number of fused-ring (bicyclic) bond motifs is 2. The van der Waals surface area contributed by atoms with Gasteiger partial charge in [0.1, 0.15) is 0 Å². The largest absolute Gasteiger partial charge is 0.364 e. The van der Waals surface area contributed by atoms with Crippen LogP contribution in [0.1, 0.15) is 39.0 Å². The molecule has 21 heavy (non-hydrogen) atoms. The van der Waals surface area contributed by atoms with Crippen molar-refractivity contribution < 1.29 is 8.42 Å². The van der Waals surface area contributed by atoms with E-state index in [4.69, 9.17) is 0 Å². The third-order valence-corrected chi connectivity index (χ3v) is 7.34. The van der Waals surface area contributed by atoms with Crippen LogP contribution in [-0.4, -0.2) is 31.1 Å². The maximum Gasteiger partial charge on any atom is 0.180 e. The van der Waals surface area contributed by atoms with Crippen molar-refractivity contribution in [3.05, 3.63) is 24.3 Å². The van der Waals surface area contributed by atoms with Crippen molar-refractivity contribution >= 4 is 31.5 Å². The van der Waals surface area contributed by atoms with Crippen LogP contribution in [0.4, 0.5) is 5.69 Å². The van der Waals surface area contributed by atoms with E-state index in [0.717, 1.165) is 18.5 Å². The summed E-state index contributed by atoms with van der Waals surface area (Å²) in [7, 11) is -3.18. The average Bonchev–Trinajstić information content (AvgIpc) is 2.71. The summed E-state index contributed by atoms with van der Waals surface area (Å²) in [5, 5.41) is 0. The van der Waals surface area contributed by atoms with E-state index in [2.05, 4.69) is 20.8 Å². The van der Waals surface area contributed by atoms with Gasteiger partial charge in [-0.1, -0.05) is 35.0 Å². The summed E-state index contributed by atoms with van der Waals surface area (Å²) in [6.07, 6.45) is 5.23. The Labute approximate surface area is 135 Å². The summed E-state index contributed by atoms with van der Waals surface area (Å²) < 4.78 is 25.1. The maximum absolute atomic E-state index is 12.6. The molecule has 0 radical (unpaired) electrons. The highest BCUT2D eigenvalue weighted by Gasteiger charge is 2.41. The van der Waals surface area contributed by atoms with E-state index in [9.17, 15) is 8.42 Å². The van der Waals surface area contributed by atoms with E-state index in [0.29, 0.717) is 28.2 Å². The van der Waals surface area contributed by atoms with Gasteiger partial charge < -0.3 is 4.90 Å². The van der Waals surface area contributed by atoms with Crippen LogP contribution in [0.15, 0.2) is 29.2 Å². The molecule has 2 fully saturated rings. The summed E-state index contributed by atoms with van der Waals surface area (Å²) in [6.45, 7) is 1.92. The van der Waals surface area contributed by atoms with Gasteiger partial charge in [0, 0.05) is 16.9 Å². The van der Waals surface area contributed by atoms with Crippen LogP contribution in [0, 0.1) is 0 Å². The minimum absolute atomic E-state index is 0.230. The smallest absolute Gasteiger partial charge is 0.180 e. The molecule has 3 rings (SSSR count). The predicted molar refractivity (Wildman–Crippen MR) is 90.0 cm³/mol. The van der Waals surface area contributed by atoms with Crippen molar-refractivity contribution in [3.63, 3.8) is 0 Å². The summed E-state index contributed by atoms with van der Waals surface area (Å²) in [5.41, 5.74) is 0.929. The molecule has 0 saturated carbocycles. The highest BCUT2D eigenvalue weighted by molar-refractivity contribution is 9.09. The molecule has 2 bridgehead atoms. The fourth-order valence-electron chi connectivity index (χ4n) is 3.82. The molecule has 0 spiro atoms. The number of anilines is 1. The van der Waals surface area contributed by atoms with Crippen molar-refractivity contribution in [2.45, 2.75) is 60.8 Å². The fraction of sp³-hybridized carbons (Fsp3) is 0.625. The molecule has 2 heterocycles. The Morgan fingerprint density at radius 2 is 1.81 bits per heavy atom. The molecule has 2 unspecified atom stereocenters. The van der Waals surface area contributed by atoms with Gasteiger partial charge in [0.25, 0.3) is 0 Å². The lowest BCUT2D eigenvalue weighted by Gasteiger charge is -2.39. The number of alkyl halides is 1. The van der Waals surface area contributed by atoms with Gasteiger partial charge in [-0.25, -0.2) is 8.42 Å². The van der Waals surface area contributed by atoms with E-state index in [1.165, 1.54) is 12.8 Å². The van der Waals surface area contributed by atoms with E-state index in [-0.39, 0.29) is 5.75 Å². The van der Waals surface area contributed by atoms with Crippen molar-refractivity contribution in [1.29, 1.82) is 0 Å². The molecule has 3 nitrogen and oxygen atoms in total. The molecule has 2 saturated heterocycles. The lowest BCUT2D eigenvalue weighted by molar-refractivity contribution is 0.480. The monoisotopic (exact) mass is 371 g/mol. The first-order valence-electron chi connectivity index (χ1n) is 7.77. The number of hydrogen-bond donors (Lipinski definition) is 0. The highest BCUT2D eigenvalue weighted by atomic mass is 79.9. The van der Waals surface area contributed by atoms with Gasteiger partial charge in [0.15, 0.2) is 9.84 Å². The maximum atomic E-state index is 12.6. The van der Waals surface area contributed by atoms with Gasteiger partial charge in [-0.15, -0.1) is 0 Å². The number of piperidine rings is 1. The fourth-order valence-corrected chi connectivity index (χ4v) is 6.21. The van der Waals surface area contributed by atoms with E-state index in [1.54, 1.807) is 6.07 Å². The summed E-state index contributed by atoms with van der Waals surface area (Å²) in [6, 6.07) is 8.52. The Morgan fingerprint density at radius 3 is 2.43 bits per heavy atom. The zero-order valence-corrected chi connectivity index (χ0v) is 14.7. The third-order valence-electron chi connectivity index (χ3n) is 4.63. The number of hydrogen-bond acceptors (Lipinski definition) is 3. The third kappa shape index (κ3) is 2.87. The number of para-hydroxylation sites is 1. The molecule has 0 aromatic heterocycles. The summed E-state index contributed by atoms with van der Waals surface area (Å²) in [5.74, 6) is 0.230. The van der Waals surface area contributed by atoms with Crippen LogP contribution in [-0.2, 0) is 9.84 Å². The van der Waals surface area contributed by atoms with E-state index in [1.807, 2.05) is 25.1 Å². The van der Waals surface area contributed by atoms with Crippen molar-refractivity contribution in [2.75, 3.05) is 10.7 Å². The highest BCUT2D eigenvalue weighted by Crippen LogP contribution is 2.43. The van der Waals surface area contributed by atoms with Crippen molar-refractivity contribution in [3.8, 4) is 0 Å². The zero-order valence-electron chi connectivity index (χ0n) is 12.3. The summed E-state index contributed by atoms with van der Waals surface area (Å²) >= 11 is 3.75. The Bertz CT molecular complexity index is 602. The zero-order chi connectivity index (χ0) is 15.0. The van der Waals surface area contributed by atoms with E-state index >= 15 is 0 Å². The lowest BCUT2D eigenvalue weighted by Crippen LogP contribution is -2.44. The molecule has 1 aromatic rings. The van der Waals surface area contributed by atoms with E-state index < -0.39 is 9.84 Å². The van der Waals surface area contributed by atoms with Crippen LogP contribution in [0.3, 0.4) is 0 Å². The predicted octanol–water partition coefficient (Wildman–Crippen LogP) is 3.77. The molecular weight excluding hydrogens is 350 g/mol. The molecule has 2 atom stereocenters. The Kier molecular flexibility index (Phi) is 4.33. The second kappa shape index (κ2) is 5.92. The standard InChI is InChI=1S/C16H22BrNO2S/c1-2-9-21(19,20)16-6-4-3-5-15(16)18-13-7-8-14(18)11-12(17)10-13/h3-6,12-14H,2,7-11H2,1H3. The lowest BCUT2D eigenvalue weighted by atomic mass is 10.0. The van der Waals surface area contributed by atoms with Crippen LogP contribution in [0.25, 0.3) is 0 Å². The molecule has 2 aliphatic rings. The van der Waals surface area contributed by atoms with Gasteiger partial charge in [-0.05, 0) is 44.2 Å². The van der Waals surface area contributed by atoms with Gasteiger partial charge in [0.05, 0.1) is 16.3 Å². The van der Waals surface area contributed by atoms with Crippen LogP contribution >= 0.6 is 15.9 Å². The molecule has 5 heteroatoms. The van der Waals surface area contributed by atoms with Crippen LogP contribution in [0.2, 0.25) is 0 Å². The number of nitrogens with zero attached hydrogens (tertiary/aromatic N) is 1. The second-order valence-electron chi connectivity index (χ2n) is 6.15. The Balaban J connectivity index is 2.01. The minimum Gasteiger partial charge on any atom is -0.364 e. The van der Waals surface area contributed by atoms with Gasteiger partial charge >= 0.3 is 0 Å². The minimum atomic E-state index is -3.18. The topological polar surface area (TPSA) is 37.4 Å². The van der Waals surface area contributed by atoms with Crippen LogP contribution < -0.4 is 4.90 Å². The molecule has 2 aliphatic heterocycles. The van der Waals surface area contributed by atoms with Crippen LogP contribution in [0.5, 0.6) is 0 Å². The number of halogens is 1. The SMILES string of the molecule is CCCS(=O)(=O)c1ccccc1N1C2CCC1CC(Br)C2. The summed E-state index contributed by atoms with van der Waals surface area (Å²) in [4.78, 5) is 3.49. The molecule has 0 amide bonds. The number of benzene rings is 1. The first-order chi connectivity index (χ1) is 10.0. The number of rotatable bonds is 4. The van der Waals surface area contributed by atoms with Crippen molar-refractivity contribution in [1.82, 2.24) is 0 Å². The molecule has 0 N–H and O–H groups in total. The van der Waals surface area contributed by atoms with Gasteiger partial charge in [-0.3, -0.25) is 0 Å². The molecule has 116 valence electrons. The Morgan fingerprint density at radius 1 is 1.19 bits per heavy atom. The number of sulfone groups is 1. The molecular formula is C16H22BrNO2S.